The molecule has 2 aromatic rings. The van der Waals surface area contributed by atoms with Crippen LogP contribution in [0.1, 0.15) is 23.0 Å². The summed E-state index contributed by atoms with van der Waals surface area (Å²) in [6.45, 7) is 0.254. The molecule has 34 heavy (non-hydrogen) atoms. The highest BCUT2D eigenvalue weighted by molar-refractivity contribution is 7.57. The van der Waals surface area contributed by atoms with Gasteiger partial charge in [0, 0.05) is 57.5 Å². The van der Waals surface area contributed by atoms with E-state index in [1.54, 1.807) is 18.2 Å². The minimum Gasteiger partial charge on any atom is -0.390 e. The van der Waals surface area contributed by atoms with Crippen molar-refractivity contribution in [1.29, 1.82) is 0 Å². The number of ether oxygens (including phenoxy) is 2. The summed E-state index contributed by atoms with van der Waals surface area (Å²) in [7, 11) is 0.413. The van der Waals surface area contributed by atoms with E-state index in [2.05, 4.69) is 0 Å². The predicted molar refractivity (Wildman–Crippen MR) is 122 cm³/mol. The molecule has 0 aliphatic carbocycles. The van der Waals surface area contributed by atoms with E-state index in [1.807, 2.05) is 0 Å². The van der Waals surface area contributed by atoms with Gasteiger partial charge in [-0.1, -0.05) is 18.2 Å². The zero-order valence-electron chi connectivity index (χ0n) is 19.0. The molecule has 0 radical (unpaired) electrons. The van der Waals surface area contributed by atoms with E-state index in [-0.39, 0.29) is 12.2 Å². The van der Waals surface area contributed by atoms with Gasteiger partial charge in [-0.15, -0.1) is 0 Å². The van der Waals surface area contributed by atoms with E-state index in [9.17, 15) is 24.1 Å². The van der Waals surface area contributed by atoms with Crippen LogP contribution in [0, 0.1) is 5.92 Å². The van der Waals surface area contributed by atoms with Crippen LogP contribution >= 0.6 is 7.60 Å². The number of aliphatic hydroxyl groups excluding tert-OH is 1. The van der Waals surface area contributed by atoms with E-state index < -0.39 is 49.1 Å². The number of nitrogens with zero attached hydrogens (tertiary/aromatic N) is 2. The number of methoxy groups -OCH3 is 1. The Bertz CT molecular complexity index is 1180. The lowest BCUT2D eigenvalue weighted by Crippen LogP contribution is -2.45. The van der Waals surface area contributed by atoms with Crippen molar-refractivity contribution in [1.82, 2.24) is 9.13 Å². The van der Waals surface area contributed by atoms with Gasteiger partial charge in [-0.25, -0.2) is 4.79 Å². The summed E-state index contributed by atoms with van der Waals surface area (Å²) < 4.78 is 34.7. The van der Waals surface area contributed by atoms with E-state index in [0.717, 1.165) is 10.6 Å². The van der Waals surface area contributed by atoms with Crippen LogP contribution in [0.15, 0.2) is 64.1 Å². The Morgan fingerprint density at radius 3 is 2.44 bits per heavy atom. The maximum Gasteiger partial charge on any atom is 0.353 e. The molecular weight excluding hydrogens is 467 g/mol. The molecule has 3 rings (SSSR count). The third-order valence-corrected chi connectivity index (χ3v) is 7.12. The van der Waals surface area contributed by atoms with Crippen LogP contribution in [0.2, 0.25) is 0 Å². The van der Waals surface area contributed by atoms with Gasteiger partial charge in [0.1, 0.15) is 12.3 Å². The van der Waals surface area contributed by atoms with E-state index in [4.69, 9.17) is 18.5 Å². The summed E-state index contributed by atoms with van der Waals surface area (Å²) in [5.74, 6) is -0.261. The molecule has 2 heterocycles. The fourth-order valence-electron chi connectivity index (χ4n) is 3.72. The largest absolute Gasteiger partial charge is 0.390 e. The molecule has 1 saturated heterocycles. The third kappa shape index (κ3) is 5.35. The van der Waals surface area contributed by atoms with Crippen molar-refractivity contribution in [2.24, 2.45) is 5.92 Å². The summed E-state index contributed by atoms with van der Waals surface area (Å²) in [6.07, 6.45) is -0.255. The fourth-order valence-corrected chi connectivity index (χ4v) is 4.50. The van der Waals surface area contributed by atoms with Gasteiger partial charge in [-0.2, -0.15) is 4.57 Å². The summed E-state index contributed by atoms with van der Waals surface area (Å²) in [5, 5.41) is 10.9. The Hall–Kier alpha value is -2.66. The number of aromatic nitrogens is 2. The molecule has 11 nitrogen and oxygen atoms in total. The molecule has 4 atom stereocenters. The molecule has 184 valence electrons. The van der Waals surface area contributed by atoms with Crippen LogP contribution in [-0.4, -0.2) is 60.3 Å². The van der Waals surface area contributed by atoms with Crippen molar-refractivity contribution in [3.63, 3.8) is 0 Å². The van der Waals surface area contributed by atoms with Crippen molar-refractivity contribution in [3.8, 4) is 0 Å². The predicted octanol–water partition coefficient (Wildman–Crippen LogP) is 1.61. The molecule has 1 fully saturated rings. The molecule has 12 heteroatoms. The summed E-state index contributed by atoms with van der Waals surface area (Å²) in [5.41, 5.74) is -1.54. The highest BCUT2D eigenvalue weighted by atomic mass is 31.2. The summed E-state index contributed by atoms with van der Waals surface area (Å²) >= 11 is 0. The molecule has 1 aliphatic heterocycles. The average molecular weight is 494 g/mol. The van der Waals surface area contributed by atoms with Crippen molar-refractivity contribution >= 4 is 13.5 Å². The zero-order valence-corrected chi connectivity index (χ0v) is 19.9. The molecule has 1 aromatic heterocycles. The van der Waals surface area contributed by atoms with Gasteiger partial charge in [0.25, 0.3) is 11.5 Å². The van der Waals surface area contributed by atoms with Gasteiger partial charge in [0.05, 0.1) is 6.10 Å². The lowest BCUT2D eigenvalue weighted by molar-refractivity contribution is -0.00600. The number of hydrogen-bond acceptors (Lipinski definition) is 9. The fraction of sp³-hybridized carbons (Fsp3) is 0.409. The first-order valence-electron chi connectivity index (χ1n) is 10.4. The lowest BCUT2D eigenvalue weighted by atomic mass is 9.96. The smallest absolute Gasteiger partial charge is 0.353 e. The van der Waals surface area contributed by atoms with E-state index in [0.29, 0.717) is 11.0 Å². The highest BCUT2D eigenvalue weighted by Crippen LogP contribution is 2.48. The quantitative estimate of drug-likeness (QED) is 0.516. The molecule has 1 N–H and O–H groups in total. The number of benzene rings is 1. The first kappa shape index (κ1) is 26.0. The molecule has 0 unspecified atom stereocenters. The normalized spacial score (nSPS) is 22.9. The summed E-state index contributed by atoms with van der Waals surface area (Å²) in [6, 6.07) is 9.01. The number of carbonyl (C=O) groups excluding carboxylic acids is 1. The average Bonchev–Trinajstić information content (AvgIpc) is 3.16. The first-order valence-corrected chi connectivity index (χ1v) is 12.0. The molecule has 0 bridgehead atoms. The third-order valence-electron chi connectivity index (χ3n) is 5.57. The Labute approximate surface area is 195 Å². The lowest BCUT2D eigenvalue weighted by Gasteiger charge is -2.22. The van der Waals surface area contributed by atoms with E-state index >= 15 is 0 Å². The number of aliphatic hydroxyl groups is 1. The van der Waals surface area contributed by atoms with Crippen molar-refractivity contribution in [2.45, 2.75) is 24.9 Å². The van der Waals surface area contributed by atoms with Gasteiger partial charge in [0.2, 0.25) is 0 Å². The Kier molecular flexibility index (Phi) is 8.53. The van der Waals surface area contributed by atoms with Gasteiger partial charge < -0.3 is 23.6 Å². The number of rotatable bonds is 9. The van der Waals surface area contributed by atoms with Gasteiger partial charge in [-0.3, -0.25) is 18.7 Å². The molecule has 0 amide bonds. The van der Waals surface area contributed by atoms with Crippen LogP contribution in [-0.2, 0) is 23.1 Å². The molecule has 0 saturated carbocycles. The van der Waals surface area contributed by atoms with Crippen LogP contribution in [0.25, 0.3) is 0 Å². The summed E-state index contributed by atoms with van der Waals surface area (Å²) in [4.78, 5) is 38.6. The van der Waals surface area contributed by atoms with Crippen LogP contribution < -0.4 is 11.2 Å². The maximum absolute atomic E-state index is 13.2. The highest BCUT2D eigenvalue weighted by Gasteiger charge is 2.44. The second-order valence-electron chi connectivity index (χ2n) is 7.52. The molecular formula is C22H27N2O9P. The van der Waals surface area contributed by atoms with Crippen LogP contribution in [0.5, 0.6) is 0 Å². The second-order valence-corrected chi connectivity index (χ2v) is 9.63. The monoisotopic (exact) mass is 494 g/mol. The van der Waals surface area contributed by atoms with Gasteiger partial charge in [-0.05, 0) is 24.6 Å². The maximum atomic E-state index is 13.2. The molecule has 0 spiro atoms. The Morgan fingerprint density at radius 2 is 1.82 bits per heavy atom. The second kappa shape index (κ2) is 11.2. The van der Waals surface area contributed by atoms with Crippen molar-refractivity contribution in [3.05, 3.63) is 80.9 Å². The van der Waals surface area contributed by atoms with Crippen molar-refractivity contribution in [2.75, 3.05) is 27.9 Å². The van der Waals surface area contributed by atoms with Gasteiger partial charge >= 0.3 is 13.3 Å². The minimum atomic E-state index is -3.52. The van der Waals surface area contributed by atoms with Crippen LogP contribution in [0.4, 0.5) is 0 Å². The molecule has 1 aliphatic rings. The topological polar surface area (TPSA) is 135 Å². The SMILES string of the molecule is COCC[C@@H]1[C@H](O)[C@@H](/C=C/P(=O)(OC)OC)O[C@H]1n1ccc(=O)n(C(=O)c2ccccc2)c1=O. The minimum absolute atomic E-state index is 0.165. The Balaban J connectivity index is 2.02. The zero-order chi connectivity index (χ0) is 24.9. The Morgan fingerprint density at radius 1 is 1.15 bits per heavy atom. The first-order chi connectivity index (χ1) is 16.3. The van der Waals surface area contributed by atoms with Crippen LogP contribution in [0.3, 0.4) is 0 Å². The number of hydrogen-bond donors (Lipinski definition) is 1. The van der Waals surface area contributed by atoms with E-state index in [1.165, 1.54) is 51.6 Å². The standard InChI is InChI=1S/C22H27N2O9P/c1-30-13-10-16-19(26)17(11-14-34(29,31-2)32-3)33-21(16)23-12-9-18(25)24(22(23)28)20(27)15-7-5-4-6-8-15/h4-9,11-12,14,16-17,19,21,26H,10,13H2,1-3H3/b14-11+/t16-,17-,19+,21-/m1/s1. The van der Waals surface area contributed by atoms with Crippen molar-refractivity contribution < 1.29 is 33.0 Å². The number of carbonyl (C=O) groups is 1. The molecule has 1 aromatic carbocycles. The van der Waals surface area contributed by atoms with Gasteiger partial charge in [0.15, 0.2) is 0 Å².